The highest BCUT2D eigenvalue weighted by atomic mass is 32.2. The van der Waals surface area contributed by atoms with Gasteiger partial charge in [0.25, 0.3) is 0 Å². The molecule has 3 aromatic rings. The van der Waals surface area contributed by atoms with Crippen LogP contribution in [0.25, 0.3) is 17.1 Å². The van der Waals surface area contributed by atoms with Crippen molar-refractivity contribution in [2.75, 3.05) is 0 Å². The molecule has 1 atom stereocenters. The third-order valence-corrected chi connectivity index (χ3v) is 6.35. The Hall–Kier alpha value is -2.60. The number of rotatable bonds is 6. The fourth-order valence-electron chi connectivity index (χ4n) is 3.65. The van der Waals surface area contributed by atoms with Gasteiger partial charge in [-0.15, -0.1) is 10.2 Å². The summed E-state index contributed by atoms with van der Waals surface area (Å²) in [6.07, 6.45) is 4.57. The predicted molar refractivity (Wildman–Crippen MR) is 117 cm³/mol. The van der Waals surface area contributed by atoms with E-state index in [9.17, 15) is 4.79 Å². The molecule has 1 heterocycles. The third-order valence-electron chi connectivity index (χ3n) is 5.31. The van der Waals surface area contributed by atoms with Crippen molar-refractivity contribution in [2.45, 2.75) is 56.0 Å². The van der Waals surface area contributed by atoms with Crippen molar-refractivity contribution < 1.29 is 4.79 Å². The number of carbonyl (C=O) groups is 1. The molecular formula is C23H26N4OS. The number of nitrogens with one attached hydrogen (secondary N) is 1. The van der Waals surface area contributed by atoms with Crippen LogP contribution in [0, 0.1) is 6.92 Å². The lowest BCUT2D eigenvalue weighted by molar-refractivity contribution is -0.120. The molecule has 1 saturated carbocycles. The Labute approximate surface area is 175 Å². The van der Waals surface area contributed by atoms with Crippen LogP contribution < -0.4 is 5.32 Å². The summed E-state index contributed by atoms with van der Waals surface area (Å²) in [6.45, 7) is 4.00. The average molecular weight is 407 g/mol. The minimum absolute atomic E-state index is 0.0709. The molecule has 4 rings (SSSR count). The second kappa shape index (κ2) is 8.82. The van der Waals surface area contributed by atoms with Crippen molar-refractivity contribution in [2.24, 2.45) is 0 Å². The molecule has 5 nitrogen and oxygen atoms in total. The highest BCUT2D eigenvalue weighted by Crippen LogP contribution is 2.30. The van der Waals surface area contributed by atoms with Crippen LogP contribution in [0.1, 0.15) is 38.2 Å². The van der Waals surface area contributed by atoms with Gasteiger partial charge in [0, 0.05) is 17.3 Å². The van der Waals surface area contributed by atoms with Crippen LogP contribution in [0.5, 0.6) is 0 Å². The second-order valence-electron chi connectivity index (χ2n) is 7.59. The molecule has 0 saturated heterocycles. The van der Waals surface area contributed by atoms with E-state index in [1.54, 1.807) is 0 Å². The fraction of sp³-hybridized carbons (Fsp3) is 0.348. The van der Waals surface area contributed by atoms with Gasteiger partial charge in [0.1, 0.15) is 0 Å². The fourth-order valence-corrected chi connectivity index (χ4v) is 4.52. The molecule has 1 aliphatic rings. The van der Waals surface area contributed by atoms with Crippen molar-refractivity contribution in [3.05, 3.63) is 60.2 Å². The van der Waals surface area contributed by atoms with Crippen LogP contribution in [-0.4, -0.2) is 32.0 Å². The quantitative estimate of drug-likeness (QED) is 0.599. The first kappa shape index (κ1) is 19.7. The number of carbonyl (C=O) groups excluding carboxylic acids is 1. The van der Waals surface area contributed by atoms with Crippen molar-refractivity contribution >= 4 is 17.7 Å². The van der Waals surface area contributed by atoms with Gasteiger partial charge in [-0.25, -0.2) is 0 Å². The first-order chi connectivity index (χ1) is 14.1. The highest BCUT2D eigenvalue weighted by molar-refractivity contribution is 8.00. The van der Waals surface area contributed by atoms with Gasteiger partial charge >= 0.3 is 0 Å². The van der Waals surface area contributed by atoms with E-state index < -0.39 is 0 Å². The summed E-state index contributed by atoms with van der Waals surface area (Å²) < 4.78 is 2.04. The lowest BCUT2D eigenvalue weighted by Gasteiger charge is -2.17. The minimum Gasteiger partial charge on any atom is -0.352 e. The number of aromatic nitrogens is 3. The molecule has 1 aromatic heterocycles. The predicted octanol–water partition coefficient (Wildman–Crippen LogP) is 4.78. The first-order valence-electron chi connectivity index (χ1n) is 10.2. The number of nitrogens with zero attached hydrogens (tertiary/aromatic N) is 3. The van der Waals surface area contributed by atoms with Crippen molar-refractivity contribution in [3.63, 3.8) is 0 Å². The minimum atomic E-state index is -0.243. The Balaban J connectivity index is 1.63. The summed E-state index contributed by atoms with van der Waals surface area (Å²) in [5.41, 5.74) is 3.18. The molecule has 1 unspecified atom stereocenters. The monoisotopic (exact) mass is 406 g/mol. The van der Waals surface area contributed by atoms with E-state index in [2.05, 4.69) is 46.7 Å². The topological polar surface area (TPSA) is 59.8 Å². The van der Waals surface area contributed by atoms with Crippen LogP contribution in [0.2, 0.25) is 0 Å². The van der Waals surface area contributed by atoms with Gasteiger partial charge in [-0.2, -0.15) is 0 Å². The lowest BCUT2D eigenvalue weighted by atomic mass is 10.2. The zero-order valence-electron chi connectivity index (χ0n) is 16.8. The molecule has 0 aliphatic heterocycles. The number of hydrogen-bond donors (Lipinski definition) is 1. The first-order valence-corrected chi connectivity index (χ1v) is 11.0. The van der Waals surface area contributed by atoms with E-state index in [1.165, 1.54) is 30.2 Å². The van der Waals surface area contributed by atoms with Crippen LogP contribution >= 0.6 is 11.8 Å². The molecule has 1 amide bonds. The van der Waals surface area contributed by atoms with Gasteiger partial charge in [0.05, 0.1) is 5.25 Å². The second-order valence-corrected chi connectivity index (χ2v) is 8.90. The molecule has 0 spiro atoms. The summed E-state index contributed by atoms with van der Waals surface area (Å²) >= 11 is 1.45. The number of aryl methyl sites for hydroxylation is 1. The normalized spacial score (nSPS) is 15.4. The maximum absolute atomic E-state index is 12.7. The maximum atomic E-state index is 12.7. The number of hydrogen-bond acceptors (Lipinski definition) is 4. The zero-order chi connectivity index (χ0) is 20.2. The van der Waals surface area contributed by atoms with Crippen molar-refractivity contribution in [1.82, 2.24) is 20.1 Å². The molecule has 150 valence electrons. The van der Waals surface area contributed by atoms with Gasteiger partial charge < -0.3 is 5.32 Å². The molecule has 1 aliphatic carbocycles. The molecule has 6 heteroatoms. The Bertz CT molecular complexity index is 962. The van der Waals surface area contributed by atoms with Crippen LogP contribution in [-0.2, 0) is 4.79 Å². The van der Waals surface area contributed by atoms with Gasteiger partial charge in [-0.1, -0.05) is 72.6 Å². The molecule has 0 bridgehead atoms. The van der Waals surface area contributed by atoms with Crippen LogP contribution in [0.15, 0.2) is 59.8 Å². The van der Waals surface area contributed by atoms with Crippen molar-refractivity contribution in [1.29, 1.82) is 0 Å². The lowest BCUT2D eigenvalue weighted by Crippen LogP contribution is -2.37. The average Bonchev–Trinajstić information content (AvgIpc) is 3.39. The van der Waals surface area contributed by atoms with E-state index in [0.717, 1.165) is 35.1 Å². The number of thioether (sulfide) groups is 1. The maximum Gasteiger partial charge on any atom is 0.233 e. The summed E-state index contributed by atoms with van der Waals surface area (Å²) in [5, 5.41) is 12.6. The number of amides is 1. The molecule has 29 heavy (non-hydrogen) atoms. The standard InChI is InChI=1S/C23H26N4OS/c1-16-12-14-20(15-13-16)27-21(18-8-4-3-5-9-18)25-26-23(27)29-17(2)22(28)24-19-10-6-7-11-19/h3-5,8-9,12-15,17,19H,6-7,10-11H2,1-2H3,(H,24,28). The zero-order valence-corrected chi connectivity index (χ0v) is 17.7. The smallest absolute Gasteiger partial charge is 0.233 e. The Morgan fingerprint density at radius 1 is 1.07 bits per heavy atom. The Morgan fingerprint density at radius 2 is 1.76 bits per heavy atom. The highest BCUT2D eigenvalue weighted by Gasteiger charge is 2.24. The van der Waals surface area contributed by atoms with E-state index in [-0.39, 0.29) is 11.2 Å². The molecule has 2 aromatic carbocycles. The van der Waals surface area contributed by atoms with E-state index in [0.29, 0.717) is 6.04 Å². The van der Waals surface area contributed by atoms with Crippen LogP contribution in [0.3, 0.4) is 0 Å². The number of benzene rings is 2. The van der Waals surface area contributed by atoms with Gasteiger partial charge in [0.2, 0.25) is 5.91 Å². The summed E-state index contributed by atoms with van der Waals surface area (Å²) in [6, 6.07) is 18.6. The molecule has 1 N–H and O–H groups in total. The van der Waals surface area contributed by atoms with Gasteiger partial charge in [-0.05, 0) is 38.8 Å². The van der Waals surface area contributed by atoms with Gasteiger partial charge in [0.15, 0.2) is 11.0 Å². The van der Waals surface area contributed by atoms with Gasteiger partial charge in [-0.3, -0.25) is 9.36 Å². The molecular weight excluding hydrogens is 380 g/mol. The Kier molecular flexibility index (Phi) is 6.00. The largest absolute Gasteiger partial charge is 0.352 e. The summed E-state index contributed by atoms with van der Waals surface area (Å²) in [4.78, 5) is 12.7. The van der Waals surface area contributed by atoms with Crippen LogP contribution in [0.4, 0.5) is 0 Å². The molecule has 0 radical (unpaired) electrons. The van der Waals surface area contributed by atoms with E-state index >= 15 is 0 Å². The SMILES string of the molecule is Cc1ccc(-n2c(SC(C)C(=O)NC3CCCC3)nnc2-c2ccccc2)cc1. The van der Waals surface area contributed by atoms with Crippen molar-refractivity contribution in [3.8, 4) is 17.1 Å². The van der Waals surface area contributed by atoms with E-state index in [4.69, 9.17) is 0 Å². The third kappa shape index (κ3) is 4.53. The van der Waals surface area contributed by atoms with E-state index in [1.807, 2.05) is 41.8 Å². The summed E-state index contributed by atoms with van der Waals surface area (Å²) in [5.74, 6) is 0.849. The molecule has 1 fully saturated rings. The Morgan fingerprint density at radius 3 is 2.45 bits per heavy atom. The summed E-state index contributed by atoms with van der Waals surface area (Å²) in [7, 11) is 0.